The molecular formula is C10H19NO. The van der Waals surface area contributed by atoms with Gasteiger partial charge in [0.15, 0.2) is 0 Å². The molecule has 0 spiro atoms. The fraction of sp³-hybridized carbons (Fsp3) is 0.800. The lowest BCUT2D eigenvalue weighted by Gasteiger charge is -2.15. The number of piperidine rings is 1. The van der Waals surface area contributed by atoms with E-state index in [0.29, 0.717) is 6.10 Å². The minimum absolute atomic E-state index is 0.351. The average molecular weight is 169 g/mol. The standard InChI is InChI=1S/C10H19NO/c1-9(2)12-8-5-10-3-6-11-7-4-10/h5,9,11H,3-4,6-8H2,1-2H3. The second kappa shape index (κ2) is 5.33. The van der Waals surface area contributed by atoms with E-state index in [2.05, 4.69) is 25.2 Å². The third-order valence-electron chi connectivity index (χ3n) is 2.05. The van der Waals surface area contributed by atoms with Crippen LogP contribution >= 0.6 is 0 Å². The summed E-state index contributed by atoms with van der Waals surface area (Å²) < 4.78 is 5.45. The minimum atomic E-state index is 0.351. The predicted molar refractivity (Wildman–Crippen MR) is 51.3 cm³/mol. The molecule has 1 fully saturated rings. The van der Waals surface area contributed by atoms with E-state index >= 15 is 0 Å². The molecule has 0 aromatic carbocycles. The molecule has 1 N–H and O–H groups in total. The summed E-state index contributed by atoms with van der Waals surface area (Å²) in [6.45, 7) is 7.19. The molecule has 0 radical (unpaired) electrons. The van der Waals surface area contributed by atoms with Crippen LogP contribution in [0.5, 0.6) is 0 Å². The molecule has 0 atom stereocenters. The van der Waals surface area contributed by atoms with Gasteiger partial charge in [0, 0.05) is 0 Å². The molecule has 0 saturated carbocycles. The molecule has 1 aliphatic rings. The van der Waals surface area contributed by atoms with Crippen molar-refractivity contribution in [3.05, 3.63) is 11.6 Å². The highest BCUT2D eigenvalue weighted by molar-refractivity contribution is 5.05. The molecule has 1 rings (SSSR count). The Morgan fingerprint density at radius 2 is 2.08 bits per heavy atom. The predicted octanol–water partition coefficient (Wildman–Crippen LogP) is 1.72. The van der Waals surface area contributed by atoms with Crippen LogP contribution in [-0.2, 0) is 4.74 Å². The largest absolute Gasteiger partial charge is 0.375 e. The van der Waals surface area contributed by atoms with Crippen LogP contribution < -0.4 is 5.32 Å². The fourth-order valence-corrected chi connectivity index (χ4v) is 1.31. The van der Waals surface area contributed by atoms with Crippen LogP contribution in [0.2, 0.25) is 0 Å². The van der Waals surface area contributed by atoms with Crippen LogP contribution in [0, 0.1) is 0 Å². The van der Waals surface area contributed by atoms with Gasteiger partial charge in [-0.25, -0.2) is 0 Å². The quantitative estimate of drug-likeness (QED) is 0.649. The van der Waals surface area contributed by atoms with Crippen LogP contribution in [0.3, 0.4) is 0 Å². The molecular weight excluding hydrogens is 150 g/mol. The van der Waals surface area contributed by atoms with Gasteiger partial charge in [-0.2, -0.15) is 0 Å². The topological polar surface area (TPSA) is 21.3 Å². The maximum atomic E-state index is 5.45. The van der Waals surface area contributed by atoms with Gasteiger partial charge in [0.2, 0.25) is 0 Å². The van der Waals surface area contributed by atoms with Crippen LogP contribution in [0.15, 0.2) is 11.6 Å². The van der Waals surface area contributed by atoms with Gasteiger partial charge in [0.25, 0.3) is 0 Å². The van der Waals surface area contributed by atoms with Gasteiger partial charge in [-0.05, 0) is 39.8 Å². The summed E-state index contributed by atoms with van der Waals surface area (Å²) in [6.07, 6.45) is 4.98. The minimum Gasteiger partial charge on any atom is -0.375 e. The van der Waals surface area contributed by atoms with Crippen molar-refractivity contribution in [1.29, 1.82) is 0 Å². The van der Waals surface area contributed by atoms with Crippen LogP contribution in [0.25, 0.3) is 0 Å². The summed E-state index contributed by atoms with van der Waals surface area (Å²) in [5.74, 6) is 0. The molecule has 0 aromatic heterocycles. The van der Waals surface area contributed by atoms with Crippen LogP contribution in [0.1, 0.15) is 26.7 Å². The zero-order valence-corrected chi connectivity index (χ0v) is 8.10. The molecule has 70 valence electrons. The number of rotatable bonds is 3. The van der Waals surface area contributed by atoms with Crippen LogP contribution in [0.4, 0.5) is 0 Å². The Morgan fingerprint density at radius 1 is 1.42 bits per heavy atom. The monoisotopic (exact) mass is 169 g/mol. The highest BCUT2D eigenvalue weighted by Crippen LogP contribution is 2.09. The smallest absolute Gasteiger partial charge is 0.0653 e. The van der Waals surface area contributed by atoms with E-state index < -0.39 is 0 Å². The van der Waals surface area contributed by atoms with Crippen molar-refractivity contribution in [2.24, 2.45) is 0 Å². The zero-order chi connectivity index (χ0) is 8.81. The summed E-state index contributed by atoms with van der Waals surface area (Å²) in [5.41, 5.74) is 1.55. The molecule has 2 heteroatoms. The first-order chi connectivity index (χ1) is 5.79. The van der Waals surface area contributed by atoms with Gasteiger partial charge in [0.05, 0.1) is 12.7 Å². The molecule has 0 amide bonds. The maximum Gasteiger partial charge on any atom is 0.0653 e. The van der Waals surface area contributed by atoms with E-state index in [4.69, 9.17) is 4.74 Å². The average Bonchev–Trinajstić information content (AvgIpc) is 2.05. The lowest BCUT2D eigenvalue weighted by atomic mass is 10.1. The van der Waals surface area contributed by atoms with Crippen LogP contribution in [-0.4, -0.2) is 25.8 Å². The Hall–Kier alpha value is -0.340. The Balaban J connectivity index is 2.16. The van der Waals surface area contributed by atoms with Gasteiger partial charge in [-0.3, -0.25) is 0 Å². The number of nitrogens with one attached hydrogen (secondary N) is 1. The molecule has 12 heavy (non-hydrogen) atoms. The molecule has 1 saturated heterocycles. The van der Waals surface area contributed by atoms with Crippen molar-refractivity contribution < 1.29 is 4.74 Å². The van der Waals surface area contributed by atoms with Gasteiger partial charge < -0.3 is 10.1 Å². The van der Waals surface area contributed by atoms with E-state index in [0.717, 1.165) is 19.7 Å². The molecule has 0 unspecified atom stereocenters. The highest BCUT2D eigenvalue weighted by Gasteiger charge is 2.03. The maximum absolute atomic E-state index is 5.45. The SMILES string of the molecule is CC(C)OCC=C1CCNCC1. The Morgan fingerprint density at radius 3 is 2.67 bits per heavy atom. The summed E-state index contributed by atoms with van der Waals surface area (Å²) >= 11 is 0. The Kier molecular flexibility index (Phi) is 4.33. The Labute approximate surface area is 75.0 Å². The third kappa shape index (κ3) is 3.88. The molecule has 1 heterocycles. The van der Waals surface area contributed by atoms with E-state index in [9.17, 15) is 0 Å². The molecule has 0 bridgehead atoms. The fourth-order valence-electron chi connectivity index (χ4n) is 1.31. The van der Waals surface area contributed by atoms with Crippen molar-refractivity contribution in [1.82, 2.24) is 5.32 Å². The second-order valence-corrected chi connectivity index (χ2v) is 3.49. The first kappa shape index (κ1) is 9.75. The summed E-state index contributed by atoms with van der Waals surface area (Å²) in [6, 6.07) is 0. The molecule has 0 aromatic rings. The Bertz CT molecular complexity index is 144. The lowest BCUT2D eigenvalue weighted by Crippen LogP contribution is -2.23. The highest BCUT2D eigenvalue weighted by atomic mass is 16.5. The van der Waals surface area contributed by atoms with E-state index in [1.54, 1.807) is 5.57 Å². The molecule has 0 aliphatic carbocycles. The number of hydrogen-bond donors (Lipinski definition) is 1. The van der Waals surface area contributed by atoms with E-state index in [1.807, 2.05) is 0 Å². The van der Waals surface area contributed by atoms with Crippen molar-refractivity contribution >= 4 is 0 Å². The zero-order valence-electron chi connectivity index (χ0n) is 8.10. The second-order valence-electron chi connectivity index (χ2n) is 3.49. The van der Waals surface area contributed by atoms with Crippen molar-refractivity contribution in [3.8, 4) is 0 Å². The van der Waals surface area contributed by atoms with E-state index in [-0.39, 0.29) is 0 Å². The third-order valence-corrected chi connectivity index (χ3v) is 2.05. The van der Waals surface area contributed by atoms with Gasteiger partial charge in [-0.1, -0.05) is 11.6 Å². The molecule has 2 nitrogen and oxygen atoms in total. The lowest BCUT2D eigenvalue weighted by molar-refractivity contribution is 0.102. The summed E-state index contributed by atoms with van der Waals surface area (Å²) in [4.78, 5) is 0. The van der Waals surface area contributed by atoms with Gasteiger partial charge in [-0.15, -0.1) is 0 Å². The van der Waals surface area contributed by atoms with Crippen molar-refractivity contribution in [2.75, 3.05) is 19.7 Å². The normalized spacial score (nSPS) is 18.4. The summed E-state index contributed by atoms with van der Waals surface area (Å²) in [7, 11) is 0. The number of hydrogen-bond acceptors (Lipinski definition) is 2. The van der Waals surface area contributed by atoms with E-state index in [1.165, 1.54) is 12.8 Å². The van der Waals surface area contributed by atoms with Gasteiger partial charge in [0.1, 0.15) is 0 Å². The summed E-state index contributed by atoms with van der Waals surface area (Å²) in [5, 5.41) is 3.33. The first-order valence-electron chi connectivity index (χ1n) is 4.79. The van der Waals surface area contributed by atoms with Crippen molar-refractivity contribution in [3.63, 3.8) is 0 Å². The molecule has 1 aliphatic heterocycles. The number of ether oxygens (including phenoxy) is 1. The van der Waals surface area contributed by atoms with Crippen molar-refractivity contribution in [2.45, 2.75) is 32.8 Å². The van der Waals surface area contributed by atoms with Gasteiger partial charge >= 0.3 is 0 Å². The first-order valence-corrected chi connectivity index (χ1v) is 4.79.